The molecule has 13 heteroatoms. The minimum atomic E-state index is -5.08. The summed E-state index contributed by atoms with van der Waals surface area (Å²) in [5.41, 5.74) is 8.55. The van der Waals surface area contributed by atoms with Gasteiger partial charge >= 0.3 is 12.1 Å². The van der Waals surface area contributed by atoms with E-state index >= 15 is 0 Å². The second-order valence-electron chi connectivity index (χ2n) is 7.74. The quantitative estimate of drug-likeness (QED) is 0.383. The molecule has 0 aliphatic carbocycles. The molecule has 34 heavy (non-hydrogen) atoms. The summed E-state index contributed by atoms with van der Waals surface area (Å²) in [6.45, 7) is 5.15. The van der Waals surface area contributed by atoms with Gasteiger partial charge in [-0.2, -0.15) is 23.4 Å². The van der Waals surface area contributed by atoms with Crippen molar-refractivity contribution < 1.29 is 32.3 Å². The third kappa shape index (κ3) is 9.78. The standard InChI is InChI=1S/C19H23FN6O.C2HF3O2/c1-19(2,9-3-10-21)13-26(17-8-11-23-16(12-22)24-17)25-18(27)14-4-6-15(20)7-5-14;3-2(4,5)1(6)7/h4-8,11H,3,9-10,13,21H2,1-2H3,(H,25,27);(H,6,7). The number of hydrogen-bond donors (Lipinski definition) is 3. The van der Waals surface area contributed by atoms with Crippen LogP contribution in [0.2, 0.25) is 0 Å². The van der Waals surface area contributed by atoms with Gasteiger partial charge in [0.25, 0.3) is 5.91 Å². The fraction of sp³-hybridized carbons (Fsp3) is 0.381. The van der Waals surface area contributed by atoms with Crippen LogP contribution in [-0.2, 0) is 4.79 Å². The number of aromatic nitrogens is 2. The van der Waals surface area contributed by atoms with Crippen LogP contribution in [0.25, 0.3) is 0 Å². The summed E-state index contributed by atoms with van der Waals surface area (Å²) in [5, 5.41) is 17.8. The Hall–Kier alpha value is -3.79. The van der Waals surface area contributed by atoms with Gasteiger partial charge in [0, 0.05) is 24.4 Å². The summed E-state index contributed by atoms with van der Waals surface area (Å²) in [7, 11) is 0. The monoisotopic (exact) mass is 484 g/mol. The summed E-state index contributed by atoms with van der Waals surface area (Å²) in [5.74, 6) is -3.17. The van der Waals surface area contributed by atoms with E-state index in [1.807, 2.05) is 6.07 Å². The lowest BCUT2D eigenvalue weighted by Gasteiger charge is -2.33. The lowest BCUT2D eigenvalue weighted by atomic mass is 9.87. The van der Waals surface area contributed by atoms with E-state index in [1.54, 1.807) is 11.1 Å². The van der Waals surface area contributed by atoms with Crippen LogP contribution in [0.3, 0.4) is 0 Å². The van der Waals surface area contributed by atoms with Gasteiger partial charge in [0.15, 0.2) is 5.82 Å². The molecule has 0 saturated heterocycles. The Labute approximate surface area is 193 Å². The highest BCUT2D eigenvalue weighted by atomic mass is 19.4. The van der Waals surface area contributed by atoms with Crippen LogP contribution in [-0.4, -0.2) is 46.2 Å². The number of nitrogens with two attached hydrogens (primary N) is 1. The molecule has 4 N–H and O–H groups in total. The number of anilines is 1. The SMILES string of the molecule is CC(C)(CCCN)CN(NC(=O)c1ccc(F)cc1)c1ccnc(C#N)n1.O=C(O)C(F)(F)F. The third-order valence-electron chi connectivity index (χ3n) is 4.25. The molecular formula is C21H24F4N6O3. The zero-order chi connectivity index (χ0) is 25.9. The number of nitrogens with zero attached hydrogens (tertiary/aromatic N) is 4. The van der Waals surface area contributed by atoms with Crippen LogP contribution in [0.5, 0.6) is 0 Å². The Morgan fingerprint density at radius 1 is 1.21 bits per heavy atom. The van der Waals surface area contributed by atoms with Crippen molar-refractivity contribution in [3.63, 3.8) is 0 Å². The number of carboxylic acid groups (broad SMARTS) is 1. The Kier molecular flexibility index (Phi) is 10.3. The lowest BCUT2D eigenvalue weighted by Crippen LogP contribution is -2.47. The molecule has 0 saturated carbocycles. The number of aliphatic carboxylic acids is 1. The van der Waals surface area contributed by atoms with Gasteiger partial charge in [0.1, 0.15) is 11.9 Å². The zero-order valence-corrected chi connectivity index (χ0v) is 18.4. The fourth-order valence-electron chi connectivity index (χ4n) is 2.61. The Bertz CT molecular complexity index is 1010. The number of rotatable bonds is 8. The summed E-state index contributed by atoms with van der Waals surface area (Å²) in [4.78, 5) is 29.5. The van der Waals surface area contributed by atoms with Crippen molar-refractivity contribution in [2.24, 2.45) is 11.1 Å². The number of alkyl halides is 3. The first-order valence-electron chi connectivity index (χ1n) is 9.86. The van der Waals surface area contributed by atoms with E-state index in [9.17, 15) is 22.4 Å². The average Bonchev–Trinajstić information content (AvgIpc) is 2.77. The molecule has 0 bridgehead atoms. The van der Waals surface area contributed by atoms with Crippen LogP contribution in [0, 0.1) is 22.6 Å². The highest BCUT2D eigenvalue weighted by Crippen LogP contribution is 2.25. The van der Waals surface area contributed by atoms with Gasteiger partial charge in [-0.15, -0.1) is 0 Å². The molecule has 0 aliphatic heterocycles. The summed E-state index contributed by atoms with van der Waals surface area (Å²) in [6, 6.07) is 8.77. The van der Waals surface area contributed by atoms with Crippen molar-refractivity contribution in [2.45, 2.75) is 32.9 Å². The van der Waals surface area contributed by atoms with Gasteiger partial charge < -0.3 is 10.8 Å². The number of carboxylic acids is 1. The normalized spacial score (nSPS) is 11.0. The molecule has 2 rings (SSSR count). The predicted molar refractivity (Wildman–Crippen MR) is 114 cm³/mol. The van der Waals surface area contributed by atoms with E-state index in [0.29, 0.717) is 24.5 Å². The van der Waals surface area contributed by atoms with E-state index < -0.39 is 23.9 Å². The van der Waals surface area contributed by atoms with Crippen molar-refractivity contribution >= 4 is 17.7 Å². The molecular weight excluding hydrogens is 460 g/mol. The van der Waals surface area contributed by atoms with Crippen LogP contribution in [0.15, 0.2) is 36.5 Å². The first kappa shape index (κ1) is 28.2. The maximum Gasteiger partial charge on any atom is 0.490 e. The number of hydrogen-bond acceptors (Lipinski definition) is 7. The van der Waals surface area contributed by atoms with E-state index in [1.165, 1.54) is 30.5 Å². The molecule has 1 aromatic carbocycles. The van der Waals surface area contributed by atoms with Crippen molar-refractivity contribution in [1.29, 1.82) is 5.26 Å². The number of benzene rings is 1. The number of hydrazine groups is 1. The number of nitriles is 1. The number of carbonyl (C=O) groups is 2. The first-order valence-corrected chi connectivity index (χ1v) is 9.86. The number of halogens is 4. The molecule has 184 valence electrons. The maximum atomic E-state index is 13.1. The average molecular weight is 484 g/mol. The highest BCUT2D eigenvalue weighted by molar-refractivity contribution is 5.95. The van der Waals surface area contributed by atoms with Crippen molar-refractivity contribution in [3.05, 3.63) is 53.7 Å². The minimum Gasteiger partial charge on any atom is -0.475 e. The fourth-order valence-corrected chi connectivity index (χ4v) is 2.61. The molecule has 9 nitrogen and oxygen atoms in total. The van der Waals surface area contributed by atoms with Gasteiger partial charge in [0.2, 0.25) is 5.82 Å². The second kappa shape index (κ2) is 12.4. The van der Waals surface area contributed by atoms with Crippen LogP contribution in [0.1, 0.15) is 42.9 Å². The summed E-state index contributed by atoms with van der Waals surface area (Å²) < 4.78 is 44.8. The second-order valence-corrected chi connectivity index (χ2v) is 7.74. The Morgan fingerprint density at radius 2 is 1.79 bits per heavy atom. The molecule has 1 aromatic heterocycles. The molecule has 1 heterocycles. The lowest BCUT2D eigenvalue weighted by molar-refractivity contribution is -0.192. The van der Waals surface area contributed by atoms with Gasteiger partial charge in [-0.1, -0.05) is 13.8 Å². The van der Waals surface area contributed by atoms with Crippen LogP contribution < -0.4 is 16.2 Å². The molecule has 0 fully saturated rings. The predicted octanol–water partition coefficient (Wildman–Crippen LogP) is 3.04. The van der Waals surface area contributed by atoms with Gasteiger partial charge in [-0.05, 0) is 49.1 Å². The first-order chi connectivity index (χ1) is 15.8. The molecule has 0 unspecified atom stereocenters. The van der Waals surface area contributed by atoms with Gasteiger partial charge in [0.05, 0.1) is 0 Å². The number of carbonyl (C=O) groups excluding carboxylic acids is 1. The van der Waals surface area contributed by atoms with Crippen LogP contribution in [0.4, 0.5) is 23.4 Å². The van der Waals surface area contributed by atoms with E-state index in [0.717, 1.165) is 12.8 Å². The minimum absolute atomic E-state index is 0.00768. The molecule has 0 radical (unpaired) electrons. The van der Waals surface area contributed by atoms with Gasteiger partial charge in [-0.25, -0.2) is 14.2 Å². The summed E-state index contributed by atoms with van der Waals surface area (Å²) >= 11 is 0. The van der Waals surface area contributed by atoms with Crippen molar-refractivity contribution in [1.82, 2.24) is 15.4 Å². The molecule has 2 aromatic rings. The van der Waals surface area contributed by atoms with Crippen LogP contribution >= 0.6 is 0 Å². The van der Waals surface area contributed by atoms with Crippen molar-refractivity contribution in [2.75, 3.05) is 18.1 Å². The Balaban J connectivity index is 0.000000718. The number of nitrogens with one attached hydrogen (secondary N) is 1. The third-order valence-corrected chi connectivity index (χ3v) is 4.25. The highest BCUT2D eigenvalue weighted by Gasteiger charge is 2.38. The zero-order valence-electron chi connectivity index (χ0n) is 18.4. The van der Waals surface area contributed by atoms with E-state index in [-0.39, 0.29) is 11.2 Å². The summed E-state index contributed by atoms with van der Waals surface area (Å²) in [6.07, 6.45) is -1.92. The van der Waals surface area contributed by atoms with E-state index in [4.69, 9.17) is 20.9 Å². The number of amides is 1. The van der Waals surface area contributed by atoms with Crippen molar-refractivity contribution in [3.8, 4) is 6.07 Å². The molecule has 0 atom stereocenters. The smallest absolute Gasteiger partial charge is 0.475 e. The molecule has 1 amide bonds. The Morgan fingerprint density at radius 3 is 2.29 bits per heavy atom. The topological polar surface area (TPSA) is 145 Å². The largest absolute Gasteiger partial charge is 0.490 e. The molecule has 0 spiro atoms. The van der Waals surface area contributed by atoms with Gasteiger partial charge in [-0.3, -0.25) is 15.2 Å². The molecule has 0 aliphatic rings. The maximum absolute atomic E-state index is 13.1. The van der Waals surface area contributed by atoms with E-state index in [2.05, 4.69) is 29.2 Å².